The summed E-state index contributed by atoms with van der Waals surface area (Å²) in [7, 11) is 0. The van der Waals surface area contributed by atoms with Gasteiger partial charge in [0.2, 0.25) is 5.95 Å². The van der Waals surface area contributed by atoms with Gasteiger partial charge in [-0.3, -0.25) is 0 Å². The number of benzene rings is 6. The second-order valence-corrected chi connectivity index (χ2v) is 14.3. The molecule has 0 saturated heterocycles. The van der Waals surface area contributed by atoms with E-state index in [0.29, 0.717) is 39.6 Å². The number of fused-ring (bicyclic) bond motifs is 9. The topological polar surface area (TPSA) is 84.8 Å². The van der Waals surface area contributed by atoms with Gasteiger partial charge in [-0.1, -0.05) is 70.6 Å². The van der Waals surface area contributed by atoms with Crippen molar-refractivity contribution in [2.75, 3.05) is 0 Å². The van der Waals surface area contributed by atoms with E-state index in [2.05, 4.69) is 77.6 Å². The first kappa shape index (κ1) is 36.9. The summed E-state index contributed by atoms with van der Waals surface area (Å²) in [5, 5.41) is 5.85. The maximum Gasteiger partial charge on any atom is 2.00 e. The number of aromatic nitrogens is 7. The predicted molar refractivity (Wildman–Crippen MR) is 234 cm³/mol. The Morgan fingerprint density at radius 2 is 0.790 bits per heavy atom. The fourth-order valence-corrected chi connectivity index (χ4v) is 8.12. The van der Waals surface area contributed by atoms with Gasteiger partial charge in [-0.2, -0.15) is 35.0 Å². The van der Waals surface area contributed by atoms with Crippen LogP contribution in [0, 0.1) is 31.2 Å². The van der Waals surface area contributed by atoms with Crippen LogP contribution in [0.3, 0.4) is 0 Å². The third kappa shape index (κ3) is 6.48. The monoisotopic (exact) mass is 1160 g/mol. The Labute approximate surface area is 386 Å². The van der Waals surface area contributed by atoms with Crippen LogP contribution >= 0.6 is 0 Å². The van der Waals surface area contributed by atoms with E-state index < -0.39 is 0 Å². The van der Waals surface area contributed by atoms with Crippen LogP contribution in [0.15, 0.2) is 158 Å². The van der Waals surface area contributed by atoms with Crippen molar-refractivity contribution in [1.82, 2.24) is 33.6 Å². The van der Waals surface area contributed by atoms with Crippen LogP contribution in [0.4, 0.5) is 0 Å². The summed E-state index contributed by atoms with van der Waals surface area (Å²) in [6, 6.07) is 57.5. The van der Waals surface area contributed by atoms with Crippen molar-refractivity contribution in [2.45, 2.75) is 6.92 Å². The molecule has 0 aliphatic heterocycles. The van der Waals surface area contributed by atoms with Crippen LogP contribution in [0.25, 0.3) is 83.0 Å². The molecule has 0 unspecified atom stereocenters. The summed E-state index contributed by atoms with van der Waals surface area (Å²) < 4.78 is 36.1. The first-order valence-corrected chi connectivity index (χ1v) is 19.3. The van der Waals surface area contributed by atoms with Crippen molar-refractivity contribution in [1.29, 1.82) is 0 Å². The zero-order valence-electron chi connectivity index (χ0n) is 34.4. The zero-order chi connectivity index (χ0) is 41.5. The van der Waals surface area contributed by atoms with Crippen LogP contribution in [-0.2, 0) is 42.1 Å². The van der Waals surface area contributed by atoms with E-state index in [1.807, 2.05) is 109 Å². The van der Waals surface area contributed by atoms with E-state index in [1.165, 1.54) is 0 Å². The molecule has 0 saturated carbocycles. The number of nitrogens with zero attached hydrogens (tertiary/aromatic N) is 7. The molecule has 0 spiro atoms. The summed E-state index contributed by atoms with van der Waals surface area (Å²) in [6.45, 7) is 1.66. The van der Waals surface area contributed by atoms with E-state index in [4.69, 9.17) is 12.2 Å². The molecule has 0 radical (unpaired) electrons. The smallest absolute Gasteiger partial charge is 0.509 e. The Morgan fingerprint density at radius 1 is 0.419 bits per heavy atom. The maximum atomic E-state index is 8.60. The van der Waals surface area contributed by atoms with Gasteiger partial charge in [-0.15, -0.1) is 59.3 Å². The quantitative estimate of drug-likeness (QED) is 0.148. The molecule has 0 aliphatic carbocycles. The third-order valence-electron chi connectivity index (χ3n) is 10.7. The van der Waals surface area contributed by atoms with Gasteiger partial charge >= 0.3 is 42.1 Å². The van der Waals surface area contributed by atoms with Crippen LogP contribution in [0.5, 0.6) is 23.0 Å². The maximum absolute atomic E-state index is 8.60. The van der Waals surface area contributed by atoms with Crippen LogP contribution in [0.1, 0.15) is 8.30 Å². The summed E-state index contributed by atoms with van der Waals surface area (Å²) in [6.07, 6.45) is 3.46. The van der Waals surface area contributed by atoms with E-state index in [9.17, 15) is 0 Å². The van der Waals surface area contributed by atoms with Gasteiger partial charge in [0, 0.05) is 58.8 Å². The Bertz CT molecular complexity index is 3520. The zero-order valence-corrected chi connectivity index (χ0v) is 37.0. The number of rotatable bonds is 7. The summed E-state index contributed by atoms with van der Waals surface area (Å²) >= 11 is 0. The molecule has 0 N–H and O–H groups in total. The number of pyridine rings is 2. The molecular formula is C51H29N7O2Pt2. The molecule has 12 rings (SSSR count). The summed E-state index contributed by atoms with van der Waals surface area (Å²) in [4.78, 5) is 18.4. The van der Waals surface area contributed by atoms with Gasteiger partial charge in [-0.25, -0.2) is 19.9 Å². The van der Waals surface area contributed by atoms with E-state index >= 15 is 0 Å². The van der Waals surface area contributed by atoms with E-state index in [1.54, 1.807) is 23.9 Å². The van der Waals surface area contributed by atoms with Gasteiger partial charge in [0.25, 0.3) is 0 Å². The molecule has 62 heavy (non-hydrogen) atoms. The molecule has 300 valence electrons. The van der Waals surface area contributed by atoms with Gasteiger partial charge in [-0.05, 0) is 59.7 Å². The minimum Gasteiger partial charge on any atom is -0.509 e. The number of ether oxygens (including phenoxy) is 2. The molecule has 6 aromatic heterocycles. The first-order chi connectivity index (χ1) is 30.5. The molecule has 0 amide bonds. The van der Waals surface area contributed by atoms with Crippen LogP contribution < -0.4 is 9.47 Å². The van der Waals surface area contributed by atoms with Gasteiger partial charge < -0.3 is 23.2 Å². The van der Waals surface area contributed by atoms with Crippen molar-refractivity contribution in [3.05, 3.63) is 188 Å². The van der Waals surface area contributed by atoms with Gasteiger partial charge in [0.05, 0.1) is 2.74 Å². The minimum atomic E-state index is -0.0489. The van der Waals surface area contributed by atoms with Gasteiger partial charge in [0.15, 0.2) is 0 Å². The first-order valence-electron chi connectivity index (χ1n) is 20.3. The molecule has 0 atom stereocenters. The molecular weight excluding hydrogens is 1130 g/mol. The Hall–Kier alpha value is -6.92. The fraction of sp³-hybridized carbons (Fsp3) is 0.0196. The Balaban J connectivity index is 0.00000242. The molecule has 0 fully saturated rings. The van der Waals surface area contributed by atoms with E-state index in [0.717, 1.165) is 66.0 Å². The van der Waals surface area contributed by atoms with Gasteiger partial charge in [0.1, 0.15) is 11.6 Å². The van der Waals surface area contributed by atoms with Crippen molar-refractivity contribution >= 4 is 65.4 Å². The van der Waals surface area contributed by atoms with Crippen LogP contribution in [-0.4, -0.2) is 33.6 Å². The largest absolute Gasteiger partial charge is 2.00 e. The Kier molecular flexibility index (Phi) is 9.42. The molecule has 6 aromatic carbocycles. The average Bonchev–Trinajstić information content (AvgIpc) is 3.93. The molecule has 0 bridgehead atoms. The van der Waals surface area contributed by atoms with E-state index in [-0.39, 0.29) is 60.4 Å². The van der Waals surface area contributed by atoms with Crippen molar-refractivity contribution < 1.29 is 54.3 Å². The number of hydrogen-bond donors (Lipinski definition) is 0. The second kappa shape index (κ2) is 15.8. The normalized spacial score (nSPS) is 11.8. The van der Waals surface area contributed by atoms with Crippen molar-refractivity contribution in [2.24, 2.45) is 0 Å². The third-order valence-corrected chi connectivity index (χ3v) is 10.7. The number of para-hydroxylation sites is 2. The number of hydrogen-bond acceptors (Lipinski definition) is 6. The Morgan fingerprint density at radius 3 is 1.19 bits per heavy atom. The average molecular weight is 1160 g/mol. The molecule has 6 heterocycles. The summed E-state index contributed by atoms with van der Waals surface area (Å²) in [5.41, 5.74) is 5.20. The molecule has 0 aliphatic rings. The second-order valence-electron chi connectivity index (χ2n) is 14.3. The predicted octanol–water partition coefficient (Wildman–Crippen LogP) is 11.6. The summed E-state index contributed by atoms with van der Waals surface area (Å²) in [5.74, 6) is 3.50. The molecule has 12 aromatic rings. The standard InChI is InChI=1S/C51H29N7O2.2Pt/c1-32-30-54-51(55-31-32)58-47-28-35(59-33-16-20-39-37-10-2-4-12-43(37)56(45(39)26-33)49-14-6-8-24-52-49)18-22-41(47)42-23-19-36(29-48(42)58)60-34-17-21-40-38-11-3-5-13-44(38)57(46(40)27-34)50-15-7-9-25-53-50;;/h2-25,30-31H,1H3;;/q-4;2*+2/i30D,31D;;. The fourth-order valence-electron chi connectivity index (χ4n) is 8.12. The SMILES string of the molecule is [2H]c1nc(-n2c3[c-]c(Oc4[c-]c5c(cc4)c4ccccc4n5-c4ccccn4)ccc3c3ccc(Oc4[c-]c5c(cc4)c4ccccc4n5-c4ccccn4)[c-]c32)nc([2H])c1C.[Pt+2].[Pt+2]. The minimum absolute atomic E-state index is 0. The molecule has 11 heteroatoms. The van der Waals surface area contributed by atoms with Crippen LogP contribution in [0.2, 0.25) is 0 Å². The molecule has 9 nitrogen and oxygen atoms in total. The van der Waals surface area contributed by atoms with Crippen molar-refractivity contribution in [3.63, 3.8) is 0 Å². The van der Waals surface area contributed by atoms with Crippen molar-refractivity contribution in [3.8, 4) is 40.6 Å².